The Labute approximate surface area is 168 Å². The van der Waals surface area contributed by atoms with E-state index in [4.69, 9.17) is 4.74 Å². The Hall–Kier alpha value is -3.99. The molecule has 1 aliphatic heterocycles. The Morgan fingerprint density at radius 1 is 1.37 bits per heavy atom. The molecule has 0 aromatic carbocycles. The number of ether oxygens (including phenoxy) is 1. The molecule has 2 N–H and O–H groups in total. The van der Waals surface area contributed by atoms with Crippen molar-refractivity contribution < 1.29 is 34.0 Å². The van der Waals surface area contributed by atoms with Gasteiger partial charge in [0.15, 0.2) is 5.76 Å². The number of nitro groups is 1. The third-order valence-electron chi connectivity index (χ3n) is 4.43. The van der Waals surface area contributed by atoms with E-state index in [1.54, 1.807) is 6.92 Å². The van der Waals surface area contributed by atoms with E-state index in [1.165, 1.54) is 29.8 Å². The molecular formula is C19H16FN3O7. The number of hydroxylamine groups is 2. The molecule has 156 valence electrons. The van der Waals surface area contributed by atoms with E-state index in [-0.39, 0.29) is 39.2 Å². The highest BCUT2D eigenvalue weighted by molar-refractivity contribution is 6.09. The zero-order chi connectivity index (χ0) is 22.2. The zero-order valence-corrected chi connectivity index (χ0v) is 15.8. The van der Waals surface area contributed by atoms with Crippen LogP contribution in [0.25, 0.3) is 11.3 Å². The van der Waals surface area contributed by atoms with E-state index in [2.05, 4.69) is 0 Å². The number of aliphatic hydroxyl groups excluding tert-OH is 1. The summed E-state index contributed by atoms with van der Waals surface area (Å²) in [5, 5.41) is 31.5. The van der Waals surface area contributed by atoms with Crippen LogP contribution in [0.15, 0.2) is 53.9 Å². The van der Waals surface area contributed by atoms with Gasteiger partial charge in [0.25, 0.3) is 5.78 Å². The summed E-state index contributed by atoms with van der Waals surface area (Å²) in [7, 11) is 1.46. The summed E-state index contributed by atoms with van der Waals surface area (Å²) < 4.78 is 20.3. The number of nitrogens with zero attached hydrogens (tertiary/aromatic N) is 3. The predicted molar refractivity (Wildman–Crippen MR) is 100 cm³/mol. The summed E-state index contributed by atoms with van der Waals surface area (Å²) in [4.78, 5) is 34.5. The van der Waals surface area contributed by atoms with Gasteiger partial charge in [-0.05, 0) is 31.2 Å². The van der Waals surface area contributed by atoms with Crippen LogP contribution in [-0.4, -0.2) is 43.2 Å². The first-order valence-electron chi connectivity index (χ1n) is 8.63. The van der Waals surface area contributed by atoms with Crippen LogP contribution in [0, 0.1) is 10.1 Å². The van der Waals surface area contributed by atoms with E-state index in [1.807, 2.05) is 0 Å². The van der Waals surface area contributed by atoms with Crippen molar-refractivity contribution in [1.82, 2.24) is 9.63 Å². The monoisotopic (exact) mass is 417 g/mol. The summed E-state index contributed by atoms with van der Waals surface area (Å²) in [6.45, 7) is 1.63. The Morgan fingerprint density at radius 3 is 2.70 bits per heavy atom. The summed E-state index contributed by atoms with van der Waals surface area (Å²) in [6.07, 6.45) is 5.65. The Balaban J connectivity index is 2.43. The number of hydrogen-bond acceptors (Lipinski definition) is 8. The summed E-state index contributed by atoms with van der Waals surface area (Å²) in [5.74, 6) is -3.77. The standard InChI is InChI=1S/C19H16FN3O7/c1-3-30-19(26)11-9-13(10-7-14(23(28)29)18(25)15(24)8-10)21(2)17(11)12-5-4-6-16(20)22(12)27/h4-9,24,27H,3H2,1-2H3. The van der Waals surface area contributed by atoms with Gasteiger partial charge < -0.3 is 14.4 Å². The topological polar surface area (TPSA) is 135 Å². The molecule has 1 aromatic heterocycles. The lowest BCUT2D eigenvalue weighted by molar-refractivity contribution is -0.418. The largest absolute Gasteiger partial charge is 0.504 e. The molecule has 2 aliphatic rings. The molecule has 2 heterocycles. The maximum Gasteiger partial charge on any atom is 0.340 e. The number of carbonyl (C=O) groups excluding carboxylic acids is 2. The molecule has 11 heteroatoms. The maximum atomic E-state index is 13.9. The highest BCUT2D eigenvalue weighted by atomic mass is 19.1. The van der Waals surface area contributed by atoms with Crippen LogP contribution < -0.4 is 10.7 Å². The van der Waals surface area contributed by atoms with Crippen LogP contribution in [0.4, 0.5) is 4.39 Å². The van der Waals surface area contributed by atoms with Gasteiger partial charge in [0, 0.05) is 24.0 Å². The van der Waals surface area contributed by atoms with Gasteiger partial charge in [0.2, 0.25) is 5.95 Å². The van der Waals surface area contributed by atoms with Crippen molar-refractivity contribution in [1.29, 1.82) is 0 Å². The van der Waals surface area contributed by atoms with Crippen molar-refractivity contribution >= 4 is 23.0 Å². The summed E-state index contributed by atoms with van der Waals surface area (Å²) in [6, 6.07) is 1.31. The molecule has 0 bridgehead atoms. The van der Waals surface area contributed by atoms with E-state index < -0.39 is 34.1 Å². The lowest BCUT2D eigenvalue weighted by Gasteiger charge is -2.18. The number of carbonyl (C=O) groups is 2. The molecule has 30 heavy (non-hydrogen) atoms. The Bertz CT molecular complexity index is 1220. The van der Waals surface area contributed by atoms with Crippen molar-refractivity contribution in [3.8, 4) is 0 Å². The smallest absolute Gasteiger partial charge is 0.340 e. The van der Waals surface area contributed by atoms with Crippen LogP contribution in [0.2, 0.25) is 0 Å². The first-order valence-corrected chi connectivity index (χ1v) is 8.63. The first kappa shape index (κ1) is 20.7. The van der Waals surface area contributed by atoms with E-state index >= 15 is 0 Å². The fourth-order valence-electron chi connectivity index (χ4n) is 3.09. The van der Waals surface area contributed by atoms with Gasteiger partial charge in [0.05, 0.1) is 28.1 Å². The third-order valence-corrected chi connectivity index (χ3v) is 4.43. The molecule has 1 aromatic rings. The second-order valence-electron chi connectivity index (χ2n) is 6.22. The number of aromatic nitrogens is 1. The number of rotatable bonds is 3. The van der Waals surface area contributed by atoms with Gasteiger partial charge in [-0.15, -0.1) is 0 Å². The van der Waals surface area contributed by atoms with Crippen LogP contribution in [0.5, 0.6) is 0 Å². The molecule has 0 radical (unpaired) electrons. The Kier molecular flexibility index (Phi) is 5.39. The van der Waals surface area contributed by atoms with Crippen molar-refractivity contribution in [2.75, 3.05) is 6.61 Å². The predicted octanol–water partition coefficient (Wildman–Crippen LogP) is 0.718. The van der Waals surface area contributed by atoms with Crippen molar-refractivity contribution in [2.45, 2.75) is 6.92 Å². The van der Waals surface area contributed by atoms with Gasteiger partial charge in [-0.25, -0.2) is 4.79 Å². The number of esters is 1. The second kappa shape index (κ2) is 7.79. The summed E-state index contributed by atoms with van der Waals surface area (Å²) >= 11 is 0. The maximum absolute atomic E-state index is 13.9. The van der Waals surface area contributed by atoms with Gasteiger partial charge in [-0.2, -0.15) is 9.45 Å². The number of aliphatic hydroxyl groups is 1. The van der Waals surface area contributed by atoms with Crippen LogP contribution in [0.3, 0.4) is 0 Å². The normalized spacial score (nSPS) is 19.9. The van der Waals surface area contributed by atoms with Crippen LogP contribution in [-0.2, 0) is 16.6 Å². The number of hydrogen-bond donors (Lipinski definition) is 2. The minimum Gasteiger partial charge on any atom is -0.504 e. The fraction of sp³-hybridized carbons (Fsp3) is 0.158. The molecule has 0 fully saturated rings. The molecule has 10 nitrogen and oxygen atoms in total. The molecule has 0 spiro atoms. The average molecular weight is 417 g/mol. The van der Waals surface area contributed by atoms with E-state index in [0.717, 1.165) is 18.2 Å². The fourth-order valence-corrected chi connectivity index (χ4v) is 3.09. The molecule has 0 atom stereocenters. The SMILES string of the molecule is CCOC(=O)c1cc(=C2C=C(O)C(=O)C([N+](=O)[O-])=C2)n(C)c1=C1C=CC=C(F)N1O. The molecule has 3 rings (SSSR count). The quantitative estimate of drug-likeness (QED) is 0.318. The average Bonchev–Trinajstić information content (AvgIpc) is 3.03. The number of allylic oxidation sites excluding steroid dienone is 4. The van der Waals surface area contributed by atoms with Gasteiger partial charge in [0.1, 0.15) is 0 Å². The van der Waals surface area contributed by atoms with Gasteiger partial charge in [-0.1, -0.05) is 6.08 Å². The van der Waals surface area contributed by atoms with Gasteiger partial charge in [-0.3, -0.25) is 20.1 Å². The second-order valence-corrected chi connectivity index (χ2v) is 6.22. The lowest BCUT2D eigenvalue weighted by Crippen LogP contribution is -2.34. The molecule has 1 aliphatic carbocycles. The third kappa shape index (κ3) is 3.42. The molecule has 0 unspecified atom stereocenters. The number of ketones is 1. The Morgan fingerprint density at radius 2 is 2.07 bits per heavy atom. The molecule has 0 amide bonds. The number of halogens is 1. The number of Topliss-reactive ketones (excluding diaryl/α,β-unsaturated/α-hetero) is 1. The van der Waals surface area contributed by atoms with E-state index in [0.29, 0.717) is 0 Å². The highest BCUT2D eigenvalue weighted by Crippen LogP contribution is 2.20. The van der Waals surface area contributed by atoms with Crippen LogP contribution in [0.1, 0.15) is 17.3 Å². The van der Waals surface area contributed by atoms with Crippen molar-refractivity contribution in [3.63, 3.8) is 0 Å². The van der Waals surface area contributed by atoms with Crippen molar-refractivity contribution in [3.05, 3.63) is 80.2 Å². The first-order chi connectivity index (χ1) is 14.2. The molecule has 0 saturated heterocycles. The van der Waals surface area contributed by atoms with Gasteiger partial charge >= 0.3 is 11.7 Å². The minimum atomic E-state index is -1.15. The summed E-state index contributed by atoms with van der Waals surface area (Å²) in [5.41, 5.74) is -0.950. The zero-order valence-electron chi connectivity index (χ0n) is 15.8. The molecule has 0 saturated carbocycles. The minimum absolute atomic E-state index is 0.0436. The molecular weight excluding hydrogens is 401 g/mol. The van der Waals surface area contributed by atoms with E-state index in [9.17, 15) is 34.4 Å². The van der Waals surface area contributed by atoms with Crippen LogP contribution >= 0.6 is 0 Å². The highest BCUT2D eigenvalue weighted by Gasteiger charge is 2.30. The van der Waals surface area contributed by atoms with Crippen molar-refractivity contribution in [2.24, 2.45) is 7.05 Å². The lowest BCUT2D eigenvalue weighted by atomic mass is 10.0.